The minimum Gasteiger partial charge on any atom is -0.481 e. The topological polar surface area (TPSA) is 100 Å². The van der Waals surface area contributed by atoms with Gasteiger partial charge >= 0.3 is 6.18 Å². The number of piperidine rings is 1. The van der Waals surface area contributed by atoms with Gasteiger partial charge in [0.25, 0.3) is 5.91 Å². The molecule has 37 heavy (non-hydrogen) atoms. The minimum absolute atomic E-state index is 0.109. The lowest BCUT2D eigenvalue weighted by atomic mass is 9.84. The first-order valence-corrected chi connectivity index (χ1v) is 11.7. The van der Waals surface area contributed by atoms with Crippen molar-refractivity contribution in [3.8, 4) is 5.88 Å². The third kappa shape index (κ3) is 5.15. The number of amides is 1. The third-order valence-electron chi connectivity index (χ3n) is 6.84. The number of ether oxygens (including phenoxy) is 1. The van der Waals surface area contributed by atoms with E-state index in [0.29, 0.717) is 22.3 Å². The maximum absolute atomic E-state index is 13.4. The van der Waals surface area contributed by atoms with E-state index in [1.165, 1.54) is 31.3 Å². The number of halogens is 4. The number of rotatable bonds is 6. The molecule has 1 fully saturated rings. The van der Waals surface area contributed by atoms with Crippen LogP contribution in [-0.2, 0) is 16.6 Å². The number of hydrogen-bond acceptors (Lipinski definition) is 7. The van der Waals surface area contributed by atoms with Crippen LogP contribution in [0.2, 0.25) is 0 Å². The van der Waals surface area contributed by atoms with Crippen LogP contribution in [0.5, 0.6) is 5.88 Å². The molecule has 1 saturated heterocycles. The molecule has 0 radical (unpaired) electrons. The van der Waals surface area contributed by atoms with E-state index >= 15 is 0 Å². The molecule has 198 valence electrons. The molecule has 4 rings (SSSR count). The summed E-state index contributed by atoms with van der Waals surface area (Å²) < 4.78 is 58.5. The van der Waals surface area contributed by atoms with Crippen LogP contribution in [0.25, 0.3) is 11.0 Å². The van der Waals surface area contributed by atoms with Gasteiger partial charge in [-0.05, 0) is 49.9 Å². The highest BCUT2D eigenvalue weighted by molar-refractivity contribution is 5.87. The van der Waals surface area contributed by atoms with Crippen molar-refractivity contribution < 1.29 is 32.2 Å². The number of aliphatic hydroxyl groups is 1. The van der Waals surface area contributed by atoms with E-state index in [1.807, 2.05) is 0 Å². The summed E-state index contributed by atoms with van der Waals surface area (Å²) in [5.41, 5.74) is -0.935. The predicted octanol–water partition coefficient (Wildman–Crippen LogP) is 4.31. The first-order valence-electron chi connectivity index (χ1n) is 11.7. The number of anilines is 1. The molecule has 1 aliphatic rings. The molecule has 0 bridgehead atoms. The summed E-state index contributed by atoms with van der Waals surface area (Å²) in [7, 11) is 1.40. The molecule has 3 heterocycles. The van der Waals surface area contributed by atoms with Gasteiger partial charge in [-0.3, -0.25) is 4.79 Å². The first-order chi connectivity index (χ1) is 17.5. The van der Waals surface area contributed by atoms with E-state index in [0.717, 1.165) is 6.07 Å². The zero-order valence-corrected chi connectivity index (χ0v) is 20.6. The van der Waals surface area contributed by atoms with Gasteiger partial charge in [0.2, 0.25) is 5.88 Å². The summed E-state index contributed by atoms with van der Waals surface area (Å²) in [5.74, 6) is -0.171. The number of nitrogens with zero attached hydrogens (tertiary/aromatic N) is 4. The lowest BCUT2D eigenvalue weighted by Crippen LogP contribution is -2.45. The number of methoxy groups -OCH3 is 1. The van der Waals surface area contributed by atoms with Gasteiger partial charge in [-0.15, -0.1) is 0 Å². The van der Waals surface area contributed by atoms with Gasteiger partial charge < -0.3 is 20.1 Å². The van der Waals surface area contributed by atoms with Gasteiger partial charge in [0, 0.05) is 18.7 Å². The van der Waals surface area contributed by atoms with Crippen molar-refractivity contribution in [3.63, 3.8) is 0 Å². The van der Waals surface area contributed by atoms with E-state index in [4.69, 9.17) is 4.74 Å². The second-order valence-corrected chi connectivity index (χ2v) is 9.07. The molecule has 0 unspecified atom stereocenters. The molecule has 2 aromatic heterocycles. The quantitative estimate of drug-likeness (QED) is 0.466. The predicted molar refractivity (Wildman–Crippen MR) is 128 cm³/mol. The van der Waals surface area contributed by atoms with Crippen molar-refractivity contribution >= 4 is 22.8 Å². The van der Waals surface area contributed by atoms with E-state index in [9.17, 15) is 27.5 Å². The molecule has 3 aromatic rings. The molecule has 1 aliphatic heterocycles. The smallest absolute Gasteiger partial charge is 0.416 e. The lowest BCUT2D eigenvalue weighted by Gasteiger charge is -2.38. The highest BCUT2D eigenvalue weighted by Crippen LogP contribution is 2.40. The summed E-state index contributed by atoms with van der Waals surface area (Å²) in [6.45, 7) is 2.36. The van der Waals surface area contributed by atoms with Gasteiger partial charge in [-0.1, -0.05) is 12.1 Å². The summed E-state index contributed by atoms with van der Waals surface area (Å²) in [6, 6.07) is 5.11. The van der Waals surface area contributed by atoms with Crippen molar-refractivity contribution in [2.24, 2.45) is 0 Å². The van der Waals surface area contributed by atoms with Crippen LogP contribution in [0.1, 0.15) is 48.1 Å². The zero-order chi connectivity index (χ0) is 27.0. The van der Waals surface area contributed by atoms with Gasteiger partial charge in [0.1, 0.15) is 12.1 Å². The van der Waals surface area contributed by atoms with Gasteiger partial charge in [-0.2, -0.15) is 18.2 Å². The van der Waals surface area contributed by atoms with Crippen LogP contribution >= 0.6 is 0 Å². The molecule has 2 N–H and O–H groups in total. The van der Waals surface area contributed by atoms with Crippen molar-refractivity contribution in [3.05, 3.63) is 52.8 Å². The maximum atomic E-state index is 13.4. The van der Waals surface area contributed by atoms with E-state index < -0.39 is 36.0 Å². The van der Waals surface area contributed by atoms with Crippen LogP contribution in [0.3, 0.4) is 0 Å². The van der Waals surface area contributed by atoms with Crippen molar-refractivity contribution in [1.29, 1.82) is 0 Å². The van der Waals surface area contributed by atoms with Crippen LogP contribution in [-0.4, -0.2) is 57.7 Å². The normalized spacial score (nSPS) is 16.5. The Balaban J connectivity index is 1.70. The Kier molecular flexibility index (Phi) is 7.22. The Hall–Kier alpha value is -3.54. The summed E-state index contributed by atoms with van der Waals surface area (Å²) in [5, 5.41) is 15.1. The molecular formula is C25H27F4N5O3. The van der Waals surface area contributed by atoms with Gasteiger partial charge in [0.05, 0.1) is 29.7 Å². The maximum Gasteiger partial charge on any atom is 0.416 e. The highest BCUT2D eigenvalue weighted by atomic mass is 19.4. The third-order valence-corrected chi connectivity index (χ3v) is 6.84. The first kappa shape index (κ1) is 26.5. The van der Waals surface area contributed by atoms with Crippen LogP contribution in [0.4, 0.5) is 23.4 Å². The van der Waals surface area contributed by atoms with Crippen molar-refractivity contribution in [2.75, 3.05) is 32.2 Å². The summed E-state index contributed by atoms with van der Waals surface area (Å²) >= 11 is 0. The number of alkyl halides is 4. The van der Waals surface area contributed by atoms with E-state index in [1.54, 1.807) is 19.1 Å². The molecule has 1 atom stereocenters. The lowest BCUT2D eigenvalue weighted by molar-refractivity contribution is -0.138. The average molecular weight is 522 g/mol. The SMILES string of the molecule is COc1nc2ncnc(N[C@H](C)c3cccc(C(F)(F)F)c3C)c2cc1C1(O)CCN(C(=O)CF)CC1. The Morgan fingerprint density at radius 3 is 2.59 bits per heavy atom. The van der Waals surface area contributed by atoms with Gasteiger partial charge in [-0.25, -0.2) is 14.4 Å². The summed E-state index contributed by atoms with van der Waals surface area (Å²) in [4.78, 5) is 26.0. The van der Waals surface area contributed by atoms with Crippen molar-refractivity contribution in [2.45, 2.75) is 44.5 Å². The molecule has 0 spiro atoms. The number of hydrogen-bond donors (Lipinski definition) is 2. The fourth-order valence-electron chi connectivity index (χ4n) is 4.77. The summed E-state index contributed by atoms with van der Waals surface area (Å²) in [6.07, 6.45) is -2.92. The van der Waals surface area contributed by atoms with Gasteiger partial charge in [0.15, 0.2) is 12.3 Å². The molecule has 0 aliphatic carbocycles. The Morgan fingerprint density at radius 1 is 1.27 bits per heavy atom. The largest absolute Gasteiger partial charge is 0.481 e. The monoisotopic (exact) mass is 521 g/mol. The number of likely N-dealkylation sites (tertiary alicyclic amines) is 1. The number of carbonyl (C=O) groups is 1. The minimum atomic E-state index is -4.48. The molecule has 1 aromatic carbocycles. The molecule has 0 saturated carbocycles. The standard InChI is InChI=1S/C25H27F4N5O3/c1-14-16(5-4-6-18(14)25(27,28)29)15(2)32-21-17-11-19(23(37-3)33-22(17)31-13-30-21)24(36)7-9-34(10-8-24)20(35)12-26/h4-6,11,13,15,36H,7-10,12H2,1-3H3,(H,30,31,32,33)/t15-/m1/s1. The zero-order valence-electron chi connectivity index (χ0n) is 20.6. The van der Waals surface area contributed by atoms with Crippen LogP contribution in [0, 0.1) is 6.92 Å². The average Bonchev–Trinajstić information content (AvgIpc) is 2.87. The highest BCUT2D eigenvalue weighted by Gasteiger charge is 2.39. The number of pyridine rings is 1. The second-order valence-electron chi connectivity index (χ2n) is 9.07. The Morgan fingerprint density at radius 2 is 1.97 bits per heavy atom. The Bertz CT molecular complexity index is 1310. The van der Waals surface area contributed by atoms with E-state index in [2.05, 4.69) is 20.3 Å². The molecule has 8 nitrogen and oxygen atoms in total. The number of carbonyl (C=O) groups excluding carboxylic acids is 1. The van der Waals surface area contributed by atoms with Crippen molar-refractivity contribution in [1.82, 2.24) is 19.9 Å². The van der Waals surface area contributed by atoms with Crippen LogP contribution in [0.15, 0.2) is 30.6 Å². The fraction of sp³-hybridized carbons (Fsp3) is 0.440. The molecule has 12 heteroatoms. The molecule has 1 amide bonds. The Labute approximate surface area is 210 Å². The number of fused-ring (bicyclic) bond motifs is 1. The van der Waals surface area contributed by atoms with Crippen LogP contribution < -0.4 is 10.1 Å². The van der Waals surface area contributed by atoms with E-state index in [-0.39, 0.29) is 43.0 Å². The number of aromatic nitrogens is 3. The fourth-order valence-corrected chi connectivity index (χ4v) is 4.77. The number of nitrogens with one attached hydrogen (secondary N) is 1. The number of benzene rings is 1. The molecular weight excluding hydrogens is 494 g/mol. The second kappa shape index (κ2) is 10.1.